The number of likely N-dealkylation sites (N-methyl/N-ethyl adjacent to an activating group) is 1. The van der Waals surface area contributed by atoms with Crippen LogP contribution in [0.4, 0.5) is 0 Å². The Bertz CT molecular complexity index is 1520. The van der Waals surface area contributed by atoms with Gasteiger partial charge in [-0.2, -0.15) is 0 Å². The number of hydrogen-bond acceptors (Lipinski definition) is 10. The molecule has 0 heterocycles. The van der Waals surface area contributed by atoms with Crippen molar-refractivity contribution in [1.82, 2.24) is 4.90 Å². The first-order chi connectivity index (χ1) is 18.8. The molecule has 5 rings (SSSR count). The fraction of sp³-hybridized carbons (Fsp3) is 0.345. The second-order valence-electron chi connectivity index (χ2n) is 10.7. The van der Waals surface area contributed by atoms with Crippen LogP contribution >= 0.6 is 0 Å². The van der Waals surface area contributed by atoms with Gasteiger partial charge in [-0.15, -0.1) is 0 Å². The first kappa shape index (κ1) is 27.4. The molecule has 2 aromatic rings. The molecule has 0 spiro atoms. The number of benzene rings is 2. The lowest BCUT2D eigenvalue weighted by molar-refractivity contribution is -0.162. The molecule has 0 unspecified atom stereocenters. The average Bonchev–Trinajstić information content (AvgIpc) is 2.90. The molecule has 3 aliphatic rings. The van der Waals surface area contributed by atoms with Crippen LogP contribution < -0.4 is 10.5 Å². The number of amides is 1. The van der Waals surface area contributed by atoms with E-state index in [2.05, 4.69) is 0 Å². The lowest BCUT2D eigenvalue weighted by Gasteiger charge is -2.53. The minimum atomic E-state index is -2.95. The molecule has 0 radical (unpaired) electrons. The van der Waals surface area contributed by atoms with E-state index in [0.717, 1.165) is 0 Å². The number of primary amides is 1. The van der Waals surface area contributed by atoms with E-state index in [-0.39, 0.29) is 11.3 Å². The quantitative estimate of drug-likeness (QED) is 0.303. The van der Waals surface area contributed by atoms with Crippen molar-refractivity contribution in [2.24, 2.45) is 17.6 Å². The van der Waals surface area contributed by atoms with Crippen molar-refractivity contribution in [3.8, 4) is 22.6 Å². The molecule has 3 aliphatic carbocycles. The molecule has 11 nitrogen and oxygen atoms in total. The van der Waals surface area contributed by atoms with Gasteiger partial charge in [0.2, 0.25) is 5.78 Å². The number of ketones is 2. The summed E-state index contributed by atoms with van der Waals surface area (Å²) in [5.41, 5.74) is 2.16. The van der Waals surface area contributed by atoms with E-state index in [4.69, 9.17) is 10.5 Å². The number of phenols is 1. The predicted octanol–water partition coefficient (Wildman–Crippen LogP) is 1.33. The zero-order chi connectivity index (χ0) is 29.4. The van der Waals surface area contributed by atoms with E-state index >= 15 is 0 Å². The number of carbonyl (C=O) groups is 3. The number of Topliss-reactive ketones (excluding diaryl/α,β-unsaturated/α-hetero) is 2. The van der Waals surface area contributed by atoms with Crippen LogP contribution in [0.5, 0.6) is 11.5 Å². The van der Waals surface area contributed by atoms with Crippen LogP contribution in [0.25, 0.3) is 11.1 Å². The molecule has 210 valence electrons. The zero-order valence-corrected chi connectivity index (χ0v) is 22.2. The minimum Gasteiger partial charge on any atom is -0.510 e. The standard InChI is InChI=1S/C29H30N2O9/c1-11-14-9-10-15(12-5-7-13(40-4)8-6-12)22(32)17(14)23(33)18-16(11)24(34)20-21(31(2)3)25(35)19(28(30)38)27(37)29(20,39)26(18)36/h5-11,16,20-21,24,32,34-36,39H,1-4H3,(H2,30,38)/t11-,16+,20-,21-,24-,29-/m1/s1. The first-order valence-electron chi connectivity index (χ1n) is 12.6. The van der Waals surface area contributed by atoms with Crippen molar-refractivity contribution in [2.75, 3.05) is 21.2 Å². The van der Waals surface area contributed by atoms with Crippen LogP contribution in [0.1, 0.15) is 28.8 Å². The minimum absolute atomic E-state index is 0.145. The molecule has 11 heteroatoms. The Morgan fingerprint density at radius 1 is 1.05 bits per heavy atom. The van der Waals surface area contributed by atoms with Crippen molar-refractivity contribution >= 4 is 17.5 Å². The van der Waals surface area contributed by atoms with Gasteiger partial charge in [-0.1, -0.05) is 31.2 Å². The molecular weight excluding hydrogens is 520 g/mol. The largest absolute Gasteiger partial charge is 0.510 e. The van der Waals surface area contributed by atoms with E-state index < -0.39 is 75.6 Å². The maximum absolute atomic E-state index is 14.0. The molecule has 0 fully saturated rings. The Labute approximate surface area is 229 Å². The van der Waals surface area contributed by atoms with Crippen LogP contribution in [-0.2, 0) is 9.59 Å². The van der Waals surface area contributed by atoms with Crippen molar-refractivity contribution in [3.63, 3.8) is 0 Å². The van der Waals surface area contributed by atoms with E-state index in [0.29, 0.717) is 22.4 Å². The number of rotatable bonds is 4. The highest BCUT2D eigenvalue weighted by Crippen LogP contribution is 2.56. The van der Waals surface area contributed by atoms with Gasteiger partial charge in [-0.05, 0) is 43.3 Å². The lowest BCUT2D eigenvalue weighted by Crippen LogP contribution is -2.68. The van der Waals surface area contributed by atoms with Gasteiger partial charge in [0.15, 0.2) is 11.4 Å². The number of phenolic OH excluding ortho intramolecular Hbond substituents is 1. The molecule has 0 aromatic heterocycles. The summed E-state index contributed by atoms with van der Waals surface area (Å²) in [6, 6.07) is 8.74. The van der Waals surface area contributed by atoms with Crippen LogP contribution in [-0.4, -0.2) is 86.9 Å². The third kappa shape index (κ3) is 3.44. The zero-order valence-electron chi connectivity index (χ0n) is 22.2. The topological polar surface area (TPSA) is 191 Å². The van der Waals surface area contributed by atoms with Gasteiger partial charge in [0.05, 0.1) is 30.7 Å². The third-order valence-corrected chi connectivity index (χ3v) is 8.53. The number of fused-ring (bicyclic) bond motifs is 3. The summed E-state index contributed by atoms with van der Waals surface area (Å²) in [5.74, 6) is -8.59. The van der Waals surface area contributed by atoms with Crippen molar-refractivity contribution in [1.29, 1.82) is 0 Å². The van der Waals surface area contributed by atoms with Crippen LogP contribution in [0.15, 0.2) is 59.1 Å². The summed E-state index contributed by atoms with van der Waals surface area (Å²) < 4.78 is 5.17. The SMILES string of the molecule is COc1ccc(-c2ccc3c(c2O)C(=O)C2=C(O)[C@@]4(O)C(=O)C(C(N)=O)=C(O)[C@H](N(C)C)[C@@H]4[C@H](O)[C@H]2[C@@H]3C)cc1. The third-order valence-electron chi connectivity index (χ3n) is 8.53. The molecule has 6 atom stereocenters. The van der Waals surface area contributed by atoms with Gasteiger partial charge < -0.3 is 36.0 Å². The summed E-state index contributed by atoms with van der Waals surface area (Å²) in [4.78, 5) is 41.0. The summed E-state index contributed by atoms with van der Waals surface area (Å²) in [6.07, 6.45) is -1.64. The Kier molecular flexibility index (Phi) is 6.29. The Morgan fingerprint density at radius 2 is 1.68 bits per heavy atom. The number of nitrogens with zero attached hydrogens (tertiary/aromatic N) is 1. The second-order valence-corrected chi connectivity index (χ2v) is 10.7. The number of aliphatic hydroxyl groups excluding tert-OH is 3. The smallest absolute Gasteiger partial charge is 0.255 e. The fourth-order valence-electron chi connectivity index (χ4n) is 6.63. The molecule has 40 heavy (non-hydrogen) atoms. The van der Waals surface area contributed by atoms with Crippen molar-refractivity contribution in [2.45, 2.75) is 30.6 Å². The second kappa shape index (κ2) is 9.19. The van der Waals surface area contributed by atoms with E-state index in [1.165, 1.54) is 26.1 Å². The Hall–Kier alpha value is -4.19. The van der Waals surface area contributed by atoms with Gasteiger partial charge in [-0.25, -0.2) is 0 Å². The number of carbonyl (C=O) groups excluding carboxylic acids is 3. The number of ether oxygens (including phenoxy) is 1. The Morgan fingerprint density at radius 3 is 2.23 bits per heavy atom. The van der Waals surface area contributed by atoms with Crippen molar-refractivity contribution < 1.29 is 44.7 Å². The molecule has 2 aromatic carbocycles. The van der Waals surface area contributed by atoms with E-state index in [1.54, 1.807) is 43.3 Å². The summed E-state index contributed by atoms with van der Waals surface area (Å²) in [5, 5.41) is 57.1. The molecule has 1 amide bonds. The highest BCUT2D eigenvalue weighted by molar-refractivity contribution is 6.25. The van der Waals surface area contributed by atoms with E-state index in [9.17, 15) is 39.9 Å². The van der Waals surface area contributed by atoms with Gasteiger partial charge in [-0.3, -0.25) is 19.3 Å². The number of aliphatic hydroxyl groups is 4. The number of nitrogens with two attached hydrogens (primary N) is 1. The Balaban J connectivity index is 1.74. The highest BCUT2D eigenvalue weighted by atomic mass is 16.5. The fourth-order valence-corrected chi connectivity index (χ4v) is 6.63. The molecule has 7 N–H and O–H groups in total. The summed E-state index contributed by atoms with van der Waals surface area (Å²) in [7, 11) is 4.49. The molecule has 0 saturated carbocycles. The van der Waals surface area contributed by atoms with Crippen LogP contribution in [0, 0.1) is 11.8 Å². The lowest BCUT2D eigenvalue weighted by atomic mass is 9.55. The van der Waals surface area contributed by atoms with Crippen LogP contribution in [0.3, 0.4) is 0 Å². The van der Waals surface area contributed by atoms with Gasteiger partial charge >= 0.3 is 0 Å². The first-order valence-corrected chi connectivity index (χ1v) is 12.6. The molecule has 0 saturated heterocycles. The number of methoxy groups -OCH3 is 1. The maximum Gasteiger partial charge on any atom is 0.255 e. The molecule has 0 aliphatic heterocycles. The van der Waals surface area contributed by atoms with Gasteiger partial charge in [0, 0.05) is 17.1 Å². The normalized spacial score (nSPS) is 29.7. The average molecular weight is 551 g/mol. The molecular formula is C29H30N2O9. The van der Waals surface area contributed by atoms with Crippen LogP contribution in [0.2, 0.25) is 0 Å². The predicted molar refractivity (Wildman–Crippen MR) is 142 cm³/mol. The van der Waals surface area contributed by atoms with Gasteiger partial charge in [0.25, 0.3) is 5.91 Å². The summed E-state index contributed by atoms with van der Waals surface area (Å²) in [6.45, 7) is 1.68. The maximum atomic E-state index is 14.0. The number of hydrogen-bond donors (Lipinski definition) is 6. The molecule has 0 bridgehead atoms. The van der Waals surface area contributed by atoms with E-state index in [1.807, 2.05) is 0 Å². The number of aromatic hydroxyl groups is 1. The van der Waals surface area contributed by atoms with Gasteiger partial charge in [0.1, 0.15) is 28.6 Å². The highest BCUT2D eigenvalue weighted by Gasteiger charge is 2.67. The monoisotopic (exact) mass is 550 g/mol. The summed E-state index contributed by atoms with van der Waals surface area (Å²) >= 11 is 0. The van der Waals surface area contributed by atoms with Crippen molar-refractivity contribution in [3.05, 3.63) is 70.2 Å².